The van der Waals surface area contributed by atoms with Crippen molar-refractivity contribution < 1.29 is 9.90 Å². The second-order valence-electron chi connectivity index (χ2n) is 4.58. The average molecular weight is 286 g/mol. The van der Waals surface area contributed by atoms with Crippen LogP contribution in [0.2, 0.25) is 0 Å². The SMILES string of the molecule is CCCc1c(C(=O)O)sc2nc(-c3ccccc3)cn12. The van der Waals surface area contributed by atoms with E-state index in [-0.39, 0.29) is 0 Å². The summed E-state index contributed by atoms with van der Waals surface area (Å²) in [6.07, 6.45) is 3.58. The first-order valence-corrected chi connectivity index (χ1v) is 7.32. The summed E-state index contributed by atoms with van der Waals surface area (Å²) in [5.41, 5.74) is 2.77. The molecule has 0 fully saturated rings. The number of hydrogen-bond acceptors (Lipinski definition) is 3. The monoisotopic (exact) mass is 286 g/mol. The number of carboxylic acids is 1. The van der Waals surface area contributed by atoms with Gasteiger partial charge in [0.05, 0.1) is 5.69 Å². The van der Waals surface area contributed by atoms with Crippen LogP contribution in [0.25, 0.3) is 16.2 Å². The minimum Gasteiger partial charge on any atom is -0.477 e. The van der Waals surface area contributed by atoms with E-state index in [0.717, 1.165) is 34.8 Å². The molecule has 4 nitrogen and oxygen atoms in total. The summed E-state index contributed by atoms with van der Waals surface area (Å²) in [5.74, 6) is -0.870. The molecule has 0 aliphatic rings. The van der Waals surface area contributed by atoms with Crippen LogP contribution >= 0.6 is 11.3 Å². The predicted molar refractivity (Wildman–Crippen MR) is 79.5 cm³/mol. The van der Waals surface area contributed by atoms with Gasteiger partial charge in [0.2, 0.25) is 0 Å². The van der Waals surface area contributed by atoms with Crippen molar-refractivity contribution >= 4 is 22.3 Å². The lowest BCUT2D eigenvalue weighted by Crippen LogP contribution is -2.00. The molecule has 1 aromatic carbocycles. The highest BCUT2D eigenvalue weighted by Gasteiger charge is 2.19. The fourth-order valence-corrected chi connectivity index (χ4v) is 3.27. The van der Waals surface area contributed by atoms with Crippen LogP contribution in [0.3, 0.4) is 0 Å². The van der Waals surface area contributed by atoms with Crippen LogP contribution in [0, 0.1) is 0 Å². The van der Waals surface area contributed by atoms with Gasteiger partial charge in [0.25, 0.3) is 0 Å². The molecule has 0 aliphatic heterocycles. The van der Waals surface area contributed by atoms with Gasteiger partial charge in [-0.05, 0) is 6.42 Å². The molecule has 0 spiro atoms. The first kappa shape index (κ1) is 12.9. The van der Waals surface area contributed by atoms with E-state index in [1.54, 1.807) is 0 Å². The van der Waals surface area contributed by atoms with Crippen molar-refractivity contribution in [2.24, 2.45) is 0 Å². The zero-order valence-corrected chi connectivity index (χ0v) is 11.9. The van der Waals surface area contributed by atoms with E-state index < -0.39 is 5.97 Å². The lowest BCUT2D eigenvalue weighted by Gasteiger charge is -1.99. The van der Waals surface area contributed by atoms with Gasteiger partial charge in [-0.15, -0.1) is 0 Å². The Kier molecular flexibility index (Phi) is 3.28. The number of aromatic nitrogens is 2. The number of aryl methyl sites for hydroxylation is 1. The topological polar surface area (TPSA) is 54.6 Å². The van der Waals surface area contributed by atoms with Crippen LogP contribution < -0.4 is 0 Å². The predicted octanol–water partition coefficient (Wildman–Crippen LogP) is 3.71. The molecule has 2 heterocycles. The van der Waals surface area contributed by atoms with E-state index in [0.29, 0.717) is 4.88 Å². The molecular weight excluding hydrogens is 272 g/mol. The first-order chi connectivity index (χ1) is 9.70. The molecule has 0 amide bonds. The maximum Gasteiger partial charge on any atom is 0.347 e. The third kappa shape index (κ3) is 2.10. The van der Waals surface area contributed by atoms with Gasteiger partial charge >= 0.3 is 5.97 Å². The Balaban J connectivity index is 2.15. The van der Waals surface area contributed by atoms with Crippen LogP contribution in [-0.2, 0) is 6.42 Å². The molecule has 0 atom stereocenters. The Morgan fingerprint density at radius 3 is 2.75 bits per heavy atom. The van der Waals surface area contributed by atoms with E-state index in [4.69, 9.17) is 0 Å². The fraction of sp³-hybridized carbons (Fsp3) is 0.200. The first-order valence-electron chi connectivity index (χ1n) is 6.50. The van der Waals surface area contributed by atoms with Crippen LogP contribution in [0.4, 0.5) is 0 Å². The molecule has 0 aliphatic carbocycles. The van der Waals surface area contributed by atoms with Gasteiger partial charge < -0.3 is 5.11 Å². The third-order valence-corrected chi connectivity index (χ3v) is 4.26. The Morgan fingerprint density at radius 1 is 1.35 bits per heavy atom. The van der Waals surface area contributed by atoms with E-state index in [1.807, 2.05) is 47.9 Å². The van der Waals surface area contributed by atoms with Crippen molar-refractivity contribution in [2.45, 2.75) is 19.8 Å². The van der Waals surface area contributed by atoms with Gasteiger partial charge in [0.1, 0.15) is 4.88 Å². The van der Waals surface area contributed by atoms with Crippen molar-refractivity contribution in [3.05, 3.63) is 47.1 Å². The summed E-state index contributed by atoms with van der Waals surface area (Å²) >= 11 is 1.24. The number of fused-ring (bicyclic) bond motifs is 1. The zero-order chi connectivity index (χ0) is 14.1. The van der Waals surface area contributed by atoms with Crippen molar-refractivity contribution in [2.75, 3.05) is 0 Å². The van der Waals surface area contributed by atoms with Gasteiger partial charge in [0, 0.05) is 17.5 Å². The molecule has 20 heavy (non-hydrogen) atoms. The van der Waals surface area contributed by atoms with Crippen LogP contribution in [0.15, 0.2) is 36.5 Å². The molecule has 0 radical (unpaired) electrons. The number of nitrogens with zero attached hydrogens (tertiary/aromatic N) is 2. The maximum atomic E-state index is 11.3. The smallest absolute Gasteiger partial charge is 0.347 e. The van der Waals surface area contributed by atoms with Gasteiger partial charge in [-0.2, -0.15) is 0 Å². The molecule has 5 heteroatoms. The minimum absolute atomic E-state index is 0.397. The molecule has 0 unspecified atom stereocenters. The number of rotatable bonds is 4. The van der Waals surface area contributed by atoms with Crippen molar-refractivity contribution in [3.63, 3.8) is 0 Å². The molecule has 3 aromatic rings. The summed E-state index contributed by atoms with van der Waals surface area (Å²) in [6, 6.07) is 9.91. The Labute approximate surface area is 120 Å². The van der Waals surface area contributed by atoms with E-state index in [9.17, 15) is 9.90 Å². The molecule has 3 rings (SSSR count). The summed E-state index contributed by atoms with van der Waals surface area (Å²) in [6.45, 7) is 2.05. The van der Waals surface area contributed by atoms with Gasteiger partial charge in [-0.1, -0.05) is 55.0 Å². The standard InChI is InChI=1S/C15H14N2O2S/c1-2-6-12-13(14(18)19)20-15-16-11(9-17(12)15)10-7-4-3-5-8-10/h3-5,7-9H,2,6H2,1H3,(H,18,19). The largest absolute Gasteiger partial charge is 0.477 e. The second-order valence-corrected chi connectivity index (χ2v) is 5.56. The van der Waals surface area contributed by atoms with E-state index in [1.165, 1.54) is 11.3 Å². The van der Waals surface area contributed by atoms with Gasteiger partial charge in [0.15, 0.2) is 4.96 Å². The normalized spacial score (nSPS) is 11.1. The van der Waals surface area contributed by atoms with Gasteiger partial charge in [-0.3, -0.25) is 4.40 Å². The molecular formula is C15H14N2O2S. The number of benzene rings is 1. The summed E-state index contributed by atoms with van der Waals surface area (Å²) < 4.78 is 1.92. The van der Waals surface area contributed by atoms with Crippen LogP contribution in [-0.4, -0.2) is 20.5 Å². The van der Waals surface area contributed by atoms with E-state index in [2.05, 4.69) is 4.98 Å². The summed E-state index contributed by atoms with van der Waals surface area (Å²) in [5, 5.41) is 9.27. The number of thiazole rings is 1. The molecule has 0 saturated carbocycles. The number of imidazole rings is 1. The maximum absolute atomic E-state index is 11.3. The number of aromatic carboxylic acids is 1. The number of hydrogen-bond donors (Lipinski definition) is 1. The zero-order valence-electron chi connectivity index (χ0n) is 11.0. The molecule has 1 N–H and O–H groups in total. The highest BCUT2D eigenvalue weighted by atomic mass is 32.1. The van der Waals surface area contributed by atoms with Crippen molar-refractivity contribution in [3.8, 4) is 11.3 Å². The molecule has 102 valence electrons. The number of carboxylic acid groups (broad SMARTS) is 1. The lowest BCUT2D eigenvalue weighted by molar-refractivity contribution is 0.0700. The van der Waals surface area contributed by atoms with Crippen molar-refractivity contribution in [1.29, 1.82) is 0 Å². The van der Waals surface area contributed by atoms with Crippen molar-refractivity contribution in [1.82, 2.24) is 9.38 Å². The number of carbonyl (C=O) groups is 1. The highest BCUT2D eigenvalue weighted by molar-refractivity contribution is 7.19. The lowest BCUT2D eigenvalue weighted by atomic mass is 10.2. The molecule has 0 bridgehead atoms. The Morgan fingerprint density at radius 2 is 2.10 bits per heavy atom. The fourth-order valence-electron chi connectivity index (χ4n) is 2.27. The summed E-state index contributed by atoms with van der Waals surface area (Å²) in [4.78, 5) is 17.0. The molecule has 2 aromatic heterocycles. The minimum atomic E-state index is -0.870. The van der Waals surface area contributed by atoms with E-state index >= 15 is 0 Å². The third-order valence-electron chi connectivity index (χ3n) is 3.17. The molecule has 0 saturated heterocycles. The quantitative estimate of drug-likeness (QED) is 0.795. The Bertz CT molecular complexity index is 759. The Hall–Kier alpha value is -2.14. The second kappa shape index (κ2) is 5.09. The van der Waals surface area contributed by atoms with Gasteiger partial charge in [-0.25, -0.2) is 9.78 Å². The highest BCUT2D eigenvalue weighted by Crippen LogP contribution is 2.28. The van der Waals surface area contributed by atoms with Crippen LogP contribution in [0.1, 0.15) is 28.7 Å². The van der Waals surface area contributed by atoms with Crippen LogP contribution in [0.5, 0.6) is 0 Å². The average Bonchev–Trinajstić information content (AvgIpc) is 2.99. The summed E-state index contributed by atoms with van der Waals surface area (Å²) in [7, 11) is 0.